The molecule has 0 aromatic carbocycles. The van der Waals surface area contributed by atoms with Gasteiger partial charge >= 0.3 is 0 Å². The molecule has 0 aromatic rings. The van der Waals surface area contributed by atoms with Gasteiger partial charge in [-0.25, -0.2) is 0 Å². The van der Waals surface area contributed by atoms with E-state index in [0.717, 1.165) is 64.6 Å². The first-order chi connectivity index (χ1) is 10.1. The number of halogens is 1. The van der Waals surface area contributed by atoms with Crippen LogP contribution in [0.3, 0.4) is 0 Å². The summed E-state index contributed by atoms with van der Waals surface area (Å²) in [5.41, 5.74) is 5.89. The van der Waals surface area contributed by atoms with Crippen molar-refractivity contribution >= 4 is 24.2 Å². The fourth-order valence-corrected chi connectivity index (χ4v) is 3.39. The van der Waals surface area contributed by atoms with Gasteiger partial charge in [-0.05, 0) is 38.5 Å². The molecule has 1 saturated heterocycles. The molecule has 2 fully saturated rings. The minimum atomic E-state index is 0. The van der Waals surface area contributed by atoms with Gasteiger partial charge in [0.15, 0.2) is 0 Å². The molecule has 5 nitrogen and oxygen atoms in total. The smallest absolute Gasteiger partial charge is 0.225 e. The van der Waals surface area contributed by atoms with Crippen LogP contribution in [0.5, 0.6) is 0 Å². The number of rotatable bonds is 5. The number of likely N-dealkylation sites (tertiary alicyclic amines) is 1. The monoisotopic (exact) mass is 331 g/mol. The normalized spacial score (nSPS) is 25.6. The van der Waals surface area contributed by atoms with Gasteiger partial charge in [0.2, 0.25) is 11.8 Å². The largest absolute Gasteiger partial charge is 0.356 e. The summed E-state index contributed by atoms with van der Waals surface area (Å²) in [4.78, 5) is 26.4. The zero-order chi connectivity index (χ0) is 15.2. The van der Waals surface area contributed by atoms with E-state index in [0.29, 0.717) is 0 Å². The van der Waals surface area contributed by atoms with Gasteiger partial charge in [-0.1, -0.05) is 13.3 Å². The molecule has 2 aliphatic rings. The Hall–Kier alpha value is -0.810. The molecule has 3 N–H and O–H groups in total. The number of piperidine rings is 1. The summed E-state index contributed by atoms with van der Waals surface area (Å²) in [7, 11) is 0. The Labute approximate surface area is 139 Å². The zero-order valence-electron chi connectivity index (χ0n) is 13.6. The molecular weight excluding hydrogens is 302 g/mol. The molecule has 1 aliphatic heterocycles. The van der Waals surface area contributed by atoms with E-state index >= 15 is 0 Å². The fraction of sp³-hybridized carbons (Fsp3) is 0.875. The summed E-state index contributed by atoms with van der Waals surface area (Å²) >= 11 is 0. The predicted octanol–water partition coefficient (Wildman–Crippen LogP) is 1.69. The van der Waals surface area contributed by atoms with Crippen LogP contribution in [0.15, 0.2) is 0 Å². The van der Waals surface area contributed by atoms with Crippen LogP contribution in [-0.2, 0) is 9.59 Å². The maximum absolute atomic E-state index is 12.4. The number of nitrogens with zero attached hydrogens (tertiary/aromatic N) is 1. The third-order valence-corrected chi connectivity index (χ3v) is 4.83. The second-order valence-corrected chi connectivity index (χ2v) is 6.51. The van der Waals surface area contributed by atoms with E-state index in [1.165, 1.54) is 0 Å². The first-order valence-corrected chi connectivity index (χ1v) is 8.44. The summed E-state index contributed by atoms with van der Waals surface area (Å²) in [6, 6.07) is 0.195. The molecule has 128 valence electrons. The lowest BCUT2D eigenvalue weighted by Crippen LogP contribution is -2.45. The topological polar surface area (TPSA) is 75.4 Å². The van der Waals surface area contributed by atoms with Crippen molar-refractivity contribution in [3.05, 3.63) is 0 Å². The fourth-order valence-electron chi connectivity index (χ4n) is 3.39. The van der Waals surface area contributed by atoms with Gasteiger partial charge in [0.1, 0.15) is 0 Å². The highest BCUT2D eigenvalue weighted by Gasteiger charge is 2.33. The summed E-state index contributed by atoms with van der Waals surface area (Å²) in [5.74, 6) is 0.623. The predicted molar refractivity (Wildman–Crippen MR) is 89.8 cm³/mol. The van der Waals surface area contributed by atoms with Gasteiger partial charge in [-0.3, -0.25) is 9.59 Å². The molecular formula is C16H30ClN3O2. The standard InChI is InChI=1S/C16H29N3O2.ClH/c1-2-3-8-18-15(20)12-6-9-19(10-7-12)16(21)13-4-5-14(17)11-13;/h12-14H,2-11,17H2,1H3,(H,18,20);1H. The Bertz CT molecular complexity index is 370. The van der Waals surface area contributed by atoms with Gasteiger partial charge in [0.05, 0.1) is 0 Å². The Balaban J connectivity index is 0.00000242. The molecule has 22 heavy (non-hydrogen) atoms. The summed E-state index contributed by atoms with van der Waals surface area (Å²) in [6.07, 6.45) is 6.44. The van der Waals surface area contributed by atoms with Gasteiger partial charge in [-0.15, -0.1) is 12.4 Å². The van der Waals surface area contributed by atoms with Crippen LogP contribution in [0.1, 0.15) is 51.9 Å². The minimum absolute atomic E-state index is 0. The second kappa shape index (κ2) is 9.36. The first-order valence-electron chi connectivity index (χ1n) is 8.44. The number of hydrogen-bond acceptors (Lipinski definition) is 3. The number of hydrogen-bond donors (Lipinski definition) is 2. The van der Waals surface area contributed by atoms with Crippen LogP contribution in [-0.4, -0.2) is 42.4 Å². The first kappa shape index (κ1) is 19.2. The van der Waals surface area contributed by atoms with Crippen LogP contribution < -0.4 is 11.1 Å². The summed E-state index contributed by atoms with van der Waals surface area (Å²) in [6.45, 7) is 4.33. The van der Waals surface area contributed by atoms with Crippen molar-refractivity contribution in [3.8, 4) is 0 Å². The molecule has 2 atom stereocenters. The van der Waals surface area contributed by atoms with Crippen LogP contribution in [0, 0.1) is 11.8 Å². The number of nitrogens with two attached hydrogens (primary N) is 1. The quantitative estimate of drug-likeness (QED) is 0.753. The number of amides is 2. The lowest BCUT2D eigenvalue weighted by Gasteiger charge is -2.33. The third-order valence-electron chi connectivity index (χ3n) is 4.83. The Morgan fingerprint density at radius 3 is 2.36 bits per heavy atom. The van der Waals surface area contributed by atoms with Crippen molar-refractivity contribution in [2.45, 2.75) is 57.9 Å². The van der Waals surface area contributed by atoms with E-state index in [9.17, 15) is 9.59 Å². The molecule has 1 heterocycles. The molecule has 2 amide bonds. The molecule has 0 radical (unpaired) electrons. The molecule has 2 rings (SSSR count). The summed E-state index contributed by atoms with van der Waals surface area (Å²) < 4.78 is 0. The van der Waals surface area contributed by atoms with Crippen LogP contribution >= 0.6 is 12.4 Å². The van der Waals surface area contributed by atoms with E-state index in [1.54, 1.807) is 0 Å². The van der Waals surface area contributed by atoms with Crippen LogP contribution in [0.25, 0.3) is 0 Å². The average Bonchev–Trinajstić information content (AvgIpc) is 2.93. The Morgan fingerprint density at radius 2 is 1.82 bits per heavy atom. The van der Waals surface area contributed by atoms with Gasteiger partial charge in [-0.2, -0.15) is 0 Å². The van der Waals surface area contributed by atoms with E-state index < -0.39 is 0 Å². The molecule has 2 unspecified atom stereocenters. The minimum Gasteiger partial charge on any atom is -0.356 e. The third kappa shape index (κ3) is 5.13. The highest BCUT2D eigenvalue weighted by atomic mass is 35.5. The second-order valence-electron chi connectivity index (χ2n) is 6.51. The maximum atomic E-state index is 12.4. The number of carbonyl (C=O) groups is 2. The Kier molecular flexibility index (Phi) is 8.18. The summed E-state index contributed by atoms with van der Waals surface area (Å²) in [5, 5.41) is 3.00. The van der Waals surface area contributed by atoms with E-state index in [2.05, 4.69) is 12.2 Å². The molecule has 1 aliphatic carbocycles. The van der Waals surface area contributed by atoms with Gasteiger partial charge < -0.3 is 16.0 Å². The highest BCUT2D eigenvalue weighted by molar-refractivity contribution is 5.85. The molecule has 0 spiro atoms. The SMILES string of the molecule is CCCCNC(=O)C1CCN(C(=O)C2CCC(N)C2)CC1.Cl. The van der Waals surface area contributed by atoms with Crippen molar-refractivity contribution < 1.29 is 9.59 Å². The number of nitrogens with one attached hydrogen (secondary N) is 1. The Morgan fingerprint density at radius 1 is 1.14 bits per heavy atom. The molecule has 0 bridgehead atoms. The van der Waals surface area contributed by atoms with Crippen molar-refractivity contribution in [2.24, 2.45) is 17.6 Å². The van der Waals surface area contributed by atoms with Crippen molar-refractivity contribution in [1.82, 2.24) is 10.2 Å². The van der Waals surface area contributed by atoms with E-state index in [-0.39, 0.29) is 42.1 Å². The van der Waals surface area contributed by atoms with Crippen LogP contribution in [0.4, 0.5) is 0 Å². The van der Waals surface area contributed by atoms with Crippen molar-refractivity contribution in [2.75, 3.05) is 19.6 Å². The van der Waals surface area contributed by atoms with Gasteiger partial charge in [0, 0.05) is 37.5 Å². The number of carbonyl (C=O) groups excluding carboxylic acids is 2. The lowest BCUT2D eigenvalue weighted by molar-refractivity contribution is -0.139. The zero-order valence-corrected chi connectivity index (χ0v) is 14.4. The van der Waals surface area contributed by atoms with Gasteiger partial charge in [0.25, 0.3) is 0 Å². The maximum Gasteiger partial charge on any atom is 0.225 e. The van der Waals surface area contributed by atoms with Crippen LogP contribution in [0.2, 0.25) is 0 Å². The lowest BCUT2D eigenvalue weighted by atomic mass is 9.94. The number of unbranched alkanes of at least 4 members (excludes halogenated alkanes) is 1. The molecule has 1 saturated carbocycles. The van der Waals surface area contributed by atoms with Crippen molar-refractivity contribution in [1.29, 1.82) is 0 Å². The van der Waals surface area contributed by atoms with Crippen molar-refractivity contribution in [3.63, 3.8) is 0 Å². The molecule has 0 aromatic heterocycles. The highest BCUT2D eigenvalue weighted by Crippen LogP contribution is 2.28. The van der Waals surface area contributed by atoms with E-state index in [4.69, 9.17) is 5.73 Å². The van der Waals surface area contributed by atoms with E-state index in [1.807, 2.05) is 4.90 Å². The average molecular weight is 332 g/mol. The molecule has 6 heteroatoms.